The minimum atomic E-state index is -3.87. The molecule has 1 saturated heterocycles. The Bertz CT molecular complexity index is 1190. The van der Waals surface area contributed by atoms with Crippen molar-refractivity contribution in [2.45, 2.75) is 31.2 Å². The van der Waals surface area contributed by atoms with E-state index < -0.39 is 15.9 Å². The molecule has 1 aliphatic rings. The van der Waals surface area contributed by atoms with Gasteiger partial charge in [0.2, 0.25) is 15.9 Å². The topological polar surface area (TPSA) is 105 Å². The first kappa shape index (κ1) is 22.4. The van der Waals surface area contributed by atoms with Gasteiger partial charge in [0.05, 0.1) is 5.92 Å². The number of aromatic nitrogens is 2. The molecule has 0 unspecified atom stereocenters. The lowest BCUT2D eigenvalue weighted by Gasteiger charge is -2.31. The SMILES string of the molecule is Cc1noc(/C=C/c2cccs2)c1S(=O)(=O)N1CCC[C@H](C(=O)NCc2cccnc2)C1. The van der Waals surface area contributed by atoms with Gasteiger partial charge in [-0.3, -0.25) is 9.78 Å². The lowest BCUT2D eigenvalue weighted by atomic mass is 9.99. The molecule has 1 fully saturated rings. The van der Waals surface area contributed by atoms with Crippen molar-refractivity contribution in [1.82, 2.24) is 19.8 Å². The predicted molar refractivity (Wildman–Crippen MR) is 122 cm³/mol. The number of piperidine rings is 1. The molecule has 3 aromatic heterocycles. The van der Waals surface area contributed by atoms with Crippen LogP contribution in [0.15, 0.2) is 51.5 Å². The standard InChI is InChI=1S/C22H24N4O4S2/c1-16-21(20(30-25-16)9-8-19-7-4-12-31-19)32(28,29)26-11-3-6-18(15-26)22(27)24-14-17-5-2-10-23-13-17/h2,4-5,7-10,12-13,18H,3,6,11,14-15H2,1H3,(H,24,27)/b9-8+/t18-/m0/s1. The molecule has 32 heavy (non-hydrogen) atoms. The van der Waals surface area contributed by atoms with Crippen molar-refractivity contribution in [3.63, 3.8) is 0 Å². The summed E-state index contributed by atoms with van der Waals surface area (Å²) in [5, 5.41) is 8.71. The molecule has 4 rings (SSSR count). The van der Waals surface area contributed by atoms with E-state index in [1.807, 2.05) is 29.6 Å². The number of carbonyl (C=O) groups excluding carboxylic acids is 1. The Hall–Kier alpha value is -2.82. The van der Waals surface area contributed by atoms with Crippen molar-refractivity contribution < 1.29 is 17.7 Å². The molecule has 1 aliphatic heterocycles. The molecule has 0 aliphatic carbocycles. The van der Waals surface area contributed by atoms with Crippen LogP contribution in [-0.2, 0) is 21.4 Å². The van der Waals surface area contributed by atoms with E-state index in [0.717, 1.165) is 10.4 Å². The summed E-state index contributed by atoms with van der Waals surface area (Å²) in [5.41, 5.74) is 1.20. The first-order valence-electron chi connectivity index (χ1n) is 10.3. The number of hydrogen-bond acceptors (Lipinski definition) is 7. The quantitative estimate of drug-likeness (QED) is 0.565. The average Bonchev–Trinajstić information content (AvgIpc) is 3.46. The largest absolute Gasteiger partial charge is 0.355 e. The van der Waals surface area contributed by atoms with Crippen LogP contribution in [-0.4, -0.2) is 41.9 Å². The summed E-state index contributed by atoms with van der Waals surface area (Å²) < 4.78 is 33.6. The van der Waals surface area contributed by atoms with E-state index in [1.165, 1.54) is 15.6 Å². The van der Waals surface area contributed by atoms with E-state index in [-0.39, 0.29) is 23.1 Å². The summed E-state index contributed by atoms with van der Waals surface area (Å²) in [7, 11) is -3.87. The Labute approximate surface area is 191 Å². The summed E-state index contributed by atoms with van der Waals surface area (Å²) in [6.07, 6.45) is 8.03. The van der Waals surface area contributed by atoms with E-state index in [4.69, 9.17) is 4.52 Å². The summed E-state index contributed by atoms with van der Waals surface area (Å²) >= 11 is 1.54. The van der Waals surface area contributed by atoms with Crippen LogP contribution in [0.4, 0.5) is 0 Å². The van der Waals surface area contributed by atoms with Crippen molar-refractivity contribution >= 4 is 39.4 Å². The lowest BCUT2D eigenvalue weighted by Crippen LogP contribution is -2.45. The van der Waals surface area contributed by atoms with Crippen LogP contribution >= 0.6 is 11.3 Å². The second-order valence-electron chi connectivity index (χ2n) is 7.59. The highest BCUT2D eigenvalue weighted by atomic mass is 32.2. The van der Waals surface area contributed by atoms with Crippen LogP contribution in [0.2, 0.25) is 0 Å². The summed E-state index contributed by atoms with van der Waals surface area (Å²) in [6.45, 7) is 2.45. The van der Waals surface area contributed by atoms with Crippen molar-refractivity contribution in [2.75, 3.05) is 13.1 Å². The Balaban J connectivity index is 1.48. The first-order chi connectivity index (χ1) is 15.4. The molecule has 0 spiro atoms. The maximum Gasteiger partial charge on any atom is 0.248 e. The number of hydrogen-bond donors (Lipinski definition) is 1. The molecular weight excluding hydrogens is 448 g/mol. The molecule has 168 valence electrons. The van der Waals surface area contributed by atoms with Gasteiger partial charge in [-0.25, -0.2) is 8.42 Å². The number of thiophene rings is 1. The number of nitrogens with one attached hydrogen (secondary N) is 1. The maximum atomic E-state index is 13.5. The summed E-state index contributed by atoms with van der Waals surface area (Å²) in [4.78, 5) is 17.8. The molecule has 0 bridgehead atoms. The molecule has 0 aromatic carbocycles. The minimum absolute atomic E-state index is 0.0572. The molecular formula is C22H24N4O4S2. The van der Waals surface area contributed by atoms with Crippen LogP contribution in [0.3, 0.4) is 0 Å². The lowest BCUT2D eigenvalue weighted by molar-refractivity contribution is -0.126. The van der Waals surface area contributed by atoms with E-state index in [1.54, 1.807) is 31.5 Å². The number of nitrogens with zero attached hydrogens (tertiary/aromatic N) is 3. The van der Waals surface area contributed by atoms with Gasteiger partial charge < -0.3 is 9.84 Å². The predicted octanol–water partition coefficient (Wildman–Crippen LogP) is 3.33. The fraction of sp³-hybridized carbons (Fsp3) is 0.318. The van der Waals surface area contributed by atoms with Crippen LogP contribution in [0.25, 0.3) is 12.2 Å². The fourth-order valence-corrected chi connectivity index (χ4v) is 6.07. The van der Waals surface area contributed by atoms with Crippen molar-refractivity contribution in [1.29, 1.82) is 0 Å². The second kappa shape index (κ2) is 9.76. The number of carbonyl (C=O) groups is 1. The third-order valence-electron chi connectivity index (χ3n) is 5.32. The number of rotatable bonds is 7. The highest BCUT2D eigenvalue weighted by Crippen LogP contribution is 2.29. The second-order valence-corrected chi connectivity index (χ2v) is 10.4. The smallest absolute Gasteiger partial charge is 0.248 e. The van der Waals surface area contributed by atoms with Crippen molar-refractivity contribution in [3.05, 3.63) is 63.9 Å². The maximum absolute atomic E-state index is 13.5. The zero-order chi connectivity index (χ0) is 22.6. The van der Waals surface area contributed by atoms with Gasteiger partial charge in [-0.05, 0) is 55.0 Å². The molecule has 3 aromatic rings. The monoisotopic (exact) mass is 472 g/mol. The summed E-state index contributed by atoms with van der Waals surface area (Å²) in [6, 6.07) is 7.53. The molecule has 0 saturated carbocycles. The number of pyridine rings is 1. The zero-order valence-corrected chi connectivity index (χ0v) is 19.2. The molecule has 1 atom stereocenters. The van der Waals surface area contributed by atoms with Gasteiger partial charge in [0.25, 0.3) is 0 Å². The molecule has 8 nitrogen and oxygen atoms in total. The fourth-order valence-electron chi connectivity index (χ4n) is 3.68. The Morgan fingerprint density at radius 2 is 2.22 bits per heavy atom. The van der Waals surface area contributed by atoms with Gasteiger partial charge in [0, 0.05) is 36.9 Å². The van der Waals surface area contributed by atoms with Gasteiger partial charge in [-0.2, -0.15) is 4.31 Å². The molecule has 1 N–H and O–H groups in total. The van der Waals surface area contributed by atoms with Crippen LogP contribution < -0.4 is 5.32 Å². The van der Waals surface area contributed by atoms with E-state index >= 15 is 0 Å². The normalized spacial score (nSPS) is 17.6. The zero-order valence-electron chi connectivity index (χ0n) is 17.6. The van der Waals surface area contributed by atoms with Gasteiger partial charge in [-0.15, -0.1) is 11.3 Å². The van der Waals surface area contributed by atoms with Gasteiger partial charge in [0.15, 0.2) is 10.7 Å². The van der Waals surface area contributed by atoms with Crippen LogP contribution in [0, 0.1) is 12.8 Å². The minimum Gasteiger partial charge on any atom is -0.355 e. The Morgan fingerprint density at radius 3 is 2.97 bits per heavy atom. The van der Waals surface area contributed by atoms with Crippen molar-refractivity contribution in [2.24, 2.45) is 5.92 Å². The van der Waals surface area contributed by atoms with E-state index in [2.05, 4.69) is 15.5 Å². The molecule has 4 heterocycles. The van der Waals surface area contributed by atoms with Gasteiger partial charge in [0.1, 0.15) is 5.69 Å². The van der Waals surface area contributed by atoms with Crippen molar-refractivity contribution in [3.8, 4) is 0 Å². The molecule has 0 radical (unpaired) electrons. The number of aryl methyl sites for hydroxylation is 1. The van der Waals surface area contributed by atoms with E-state index in [0.29, 0.717) is 31.6 Å². The molecule has 1 amide bonds. The van der Waals surface area contributed by atoms with Gasteiger partial charge >= 0.3 is 0 Å². The number of sulfonamides is 1. The van der Waals surface area contributed by atoms with E-state index in [9.17, 15) is 13.2 Å². The molecule has 10 heteroatoms. The first-order valence-corrected chi connectivity index (χ1v) is 12.6. The third kappa shape index (κ3) is 4.98. The third-order valence-corrected chi connectivity index (χ3v) is 8.18. The highest BCUT2D eigenvalue weighted by Gasteiger charge is 2.36. The van der Waals surface area contributed by atoms with Crippen LogP contribution in [0.1, 0.15) is 34.7 Å². The number of amides is 1. The van der Waals surface area contributed by atoms with Crippen LogP contribution in [0.5, 0.6) is 0 Å². The Kier molecular flexibility index (Phi) is 6.83. The highest BCUT2D eigenvalue weighted by molar-refractivity contribution is 7.89. The average molecular weight is 473 g/mol. The Morgan fingerprint density at radius 1 is 1.34 bits per heavy atom. The van der Waals surface area contributed by atoms with Gasteiger partial charge in [-0.1, -0.05) is 17.3 Å². The summed E-state index contributed by atoms with van der Waals surface area (Å²) in [5.74, 6) is -0.381.